The van der Waals surface area contributed by atoms with E-state index in [4.69, 9.17) is 0 Å². The fourth-order valence-electron chi connectivity index (χ4n) is 3.85. The van der Waals surface area contributed by atoms with Gasteiger partial charge >= 0.3 is 0 Å². The van der Waals surface area contributed by atoms with Crippen molar-refractivity contribution in [3.8, 4) is 0 Å². The zero-order valence-corrected chi connectivity index (χ0v) is 20.4. The first-order valence-corrected chi connectivity index (χ1v) is 11.8. The first kappa shape index (κ1) is 25.1. The lowest BCUT2D eigenvalue weighted by atomic mass is 10.1. The molecule has 0 radical (unpaired) electrons. The number of aliphatic imine (C=N–C) groups is 1. The average Bonchev–Trinajstić information content (AvgIpc) is 3.29. The summed E-state index contributed by atoms with van der Waals surface area (Å²) >= 11 is 0. The third-order valence-electron chi connectivity index (χ3n) is 5.35. The van der Waals surface area contributed by atoms with E-state index in [1.165, 1.54) is 28.8 Å². The number of halogens is 3. The number of guanidine groups is 1. The fourth-order valence-corrected chi connectivity index (χ4v) is 4.77. The predicted octanol–water partition coefficient (Wildman–Crippen LogP) is 2.00. The number of hydrogen-bond donors (Lipinski definition) is 2. The number of hydrogen-bond acceptors (Lipinski definition) is 4. The highest BCUT2D eigenvalue weighted by molar-refractivity contribution is 14.0. The van der Waals surface area contributed by atoms with Gasteiger partial charge in [0.25, 0.3) is 0 Å². The van der Waals surface area contributed by atoms with Gasteiger partial charge in [-0.15, -0.1) is 24.0 Å². The van der Waals surface area contributed by atoms with E-state index in [9.17, 15) is 17.2 Å². The van der Waals surface area contributed by atoms with Gasteiger partial charge in [0.1, 0.15) is 17.3 Å². The summed E-state index contributed by atoms with van der Waals surface area (Å²) in [6.07, 6.45) is 2.76. The summed E-state index contributed by atoms with van der Waals surface area (Å²) in [6, 6.07) is 3.92. The fraction of sp³-hybridized carbons (Fsp3) is 0.632. The predicted molar refractivity (Wildman–Crippen MR) is 126 cm³/mol. The molecule has 2 atom stereocenters. The van der Waals surface area contributed by atoms with E-state index < -0.39 is 21.7 Å². The molecular weight excluding hydrogens is 527 g/mol. The Labute approximate surface area is 194 Å². The van der Waals surface area contributed by atoms with Crippen LogP contribution in [-0.2, 0) is 10.0 Å². The molecule has 170 valence electrons. The lowest BCUT2D eigenvalue weighted by molar-refractivity contribution is 0.463. The van der Waals surface area contributed by atoms with Crippen molar-refractivity contribution < 1.29 is 17.2 Å². The van der Waals surface area contributed by atoms with Crippen LogP contribution in [0.2, 0.25) is 0 Å². The number of nitrogens with one attached hydrogen (secondary N) is 2. The molecule has 1 aromatic carbocycles. The second kappa shape index (κ2) is 10.9. The van der Waals surface area contributed by atoms with Gasteiger partial charge in [0, 0.05) is 45.3 Å². The topological polar surface area (TPSA) is 77.0 Å². The molecule has 0 aromatic heterocycles. The third-order valence-corrected chi connectivity index (χ3v) is 6.62. The SMILES string of the molecule is CCNC(=NCC1CCN(S(C)(=O)=O)C1)NC1CCN(c2c(F)cccc2F)C1.I. The highest BCUT2D eigenvalue weighted by atomic mass is 127. The van der Waals surface area contributed by atoms with E-state index in [1.54, 1.807) is 4.90 Å². The van der Waals surface area contributed by atoms with Gasteiger partial charge in [0.05, 0.1) is 6.26 Å². The highest BCUT2D eigenvalue weighted by Gasteiger charge is 2.29. The second-order valence-corrected chi connectivity index (χ2v) is 9.62. The number of benzene rings is 1. The van der Waals surface area contributed by atoms with Crippen LogP contribution in [0.5, 0.6) is 0 Å². The normalized spacial score (nSPS) is 22.8. The molecule has 0 aliphatic carbocycles. The minimum Gasteiger partial charge on any atom is -0.365 e. The Kier molecular flexibility index (Phi) is 9.10. The van der Waals surface area contributed by atoms with Crippen LogP contribution in [0.15, 0.2) is 23.2 Å². The van der Waals surface area contributed by atoms with Crippen molar-refractivity contribution in [1.29, 1.82) is 0 Å². The van der Waals surface area contributed by atoms with Crippen LogP contribution in [0.1, 0.15) is 19.8 Å². The van der Waals surface area contributed by atoms with Crippen LogP contribution in [0, 0.1) is 17.6 Å². The summed E-state index contributed by atoms with van der Waals surface area (Å²) in [7, 11) is -3.16. The molecule has 3 rings (SSSR count). The zero-order chi connectivity index (χ0) is 21.0. The summed E-state index contributed by atoms with van der Waals surface area (Å²) in [5.41, 5.74) is 0.0190. The first-order valence-electron chi connectivity index (χ1n) is 9.97. The lowest BCUT2D eigenvalue weighted by Gasteiger charge is -2.21. The van der Waals surface area contributed by atoms with Crippen LogP contribution >= 0.6 is 24.0 Å². The maximum Gasteiger partial charge on any atom is 0.211 e. The van der Waals surface area contributed by atoms with Crippen LogP contribution in [0.3, 0.4) is 0 Å². The Morgan fingerprint density at radius 2 is 1.90 bits per heavy atom. The summed E-state index contributed by atoms with van der Waals surface area (Å²) in [5, 5.41) is 6.53. The summed E-state index contributed by atoms with van der Waals surface area (Å²) < 4.78 is 52.9. The van der Waals surface area contributed by atoms with Gasteiger partial charge in [-0.1, -0.05) is 6.07 Å². The van der Waals surface area contributed by atoms with E-state index >= 15 is 0 Å². The molecule has 2 heterocycles. The summed E-state index contributed by atoms with van der Waals surface area (Å²) in [6.45, 7) is 5.24. The molecule has 0 amide bonds. The lowest BCUT2D eigenvalue weighted by Crippen LogP contribution is -2.45. The standard InChI is InChI=1S/C19H29F2N5O2S.HI/c1-3-22-19(23-11-14-7-10-26(12-14)29(2,27)28)24-15-8-9-25(13-15)18-16(20)5-4-6-17(18)21;/h4-6,14-15H,3,7-13H2,1-2H3,(H2,22,23,24);1H. The van der Waals surface area contributed by atoms with Crippen molar-refractivity contribution >= 4 is 45.6 Å². The number of sulfonamides is 1. The second-order valence-electron chi connectivity index (χ2n) is 7.64. The van der Waals surface area contributed by atoms with Gasteiger partial charge in [0.2, 0.25) is 10.0 Å². The quantitative estimate of drug-likeness (QED) is 0.318. The maximum absolute atomic E-state index is 14.0. The minimum atomic E-state index is -3.16. The molecule has 2 aliphatic rings. The van der Waals surface area contributed by atoms with Crippen LogP contribution in [-0.4, -0.2) is 70.2 Å². The molecule has 11 heteroatoms. The molecule has 2 fully saturated rings. The van der Waals surface area contributed by atoms with Crippen molar-refractivity contribution in [1.82, 2.24) is 14.9 Å². The minimum absolute atomic E-state index is 0. The molecule has 2 saturated heterocycles. The summed E-state index contributed by atoms with van der Waals surface area (Å²) in [5.74, 6) is -0.273. The average molecular weight is 557 g/mol. The molecule has 0 bridgehead atoms. The van der Waals surface area contributed by atoms with E-state index in [-0.39, 0.29) is 41.6 Å². The molecule has 30 heavy (non-hydrogen) atoms. The summed E-state index contributed by atoms with van der Waals surface area (Å²) in [4.78, 5) is 6.33. The molecule has 0 spiro atoms. The van der Waals surface area contributed by atoms with Crippen LogP contribution in [0.25, 0.3) is 0 Å². The van der Waals surface area contributed by atoms with Crippen molar-refractivity contribution in [3.05, 3.63) is 29.8 Å². The van der Waals surface area contributed by atoms with Gasteiger partial charge in [-0.05, 0) is 37.8 Å². The molecule has 1 aromatic rings. The largest absolute Gasteiger partial charge is 0.365 e. The van der Waals surface area contributed by atoms with Gasteiger partial charge in [0.15, 0.2) is 5.96 Å². The van der Waals surface area contributed by atoms with E-state index in [0.29, 0.717) is 45.2 Å². The van der Waals surface area contributed by atoms with E-state index in [2.05, 4.69) is 15.6 Å². The molecule has 7 nitrogen and oxygen atoms in total. The Bertz CT molecular complexity index is 835. The van der Waals surface area contributed by atoms with E-state index in [0.717, 1.165) is 12.8 Å². The molecular formula is C19H30F2IN5O2S. The van der Waals surface area contributed by atoms with Gasteiger partial charge in [-0.2, -0.15) is 0 Å². The Morgan fingerprint density at radius 1 is 1.20 bits per heavy atom. The van der Waals surface area contributed by atoms with Crippen molar-refractivity contribution in [2.45, 2.75) is 25.8 Å². The highest BCUT2D eigenvalue weighted by Crippen LogP contribution is 2.26. The smallest absolute Gasteiger partial charge is 0.211 e. The maximum atomic E-state index is 14.0. The Hall–Kier alpha value is -1.21. The number of para-hydroxylation sites is 1. The van der Waals surface area contributed by atoms with Crippen molar-refractivity contribution in [2.75, 3.05) is 50.4 Å². The molecule has 2 aliphatic heterocycles. The Balaban J connectivity index is 0.00000320. The number of anilines is 1. The zero-order valence-electron chi connectivity index (χ0n) is 17.3. The molecule has 2 unspecified atom stereocenters. The van der Waals surface area contributed by atoms with Crippen molar-refractivity contribution in [2.24, 2.45) is 10.9 Å². The first-order chi connectivity index (χ1) is 13.8. The third kappa shape index (κ3) is 6.39. The number of rotatable bonds is 6. The van der Waals surface area contributed by atoms with Crippen LogP contribution < -0.4 is 15.5 Å². The van der Waals surface area contributed by atoms with Crippen molar-refractivity contribution in [3.63, 3.8) is 0 Å². The number of nitrogens with zero attached hydrogens (tertiary/aromatic N) is 3. The van der Waals surface area contributed by atoms with Gasteiger partial charge in [-0.3, -0.25) is 4.99 Å². The van der Waals surface area contributed by atoms with Gasteiger partial charge < -0.3 is 15.5 Å². The monoisotopic (exact) mass is 557 g/mol. The molecule has 2 N–H and O–H groups in total. The van der Waals surface area contributed by atoms with Gasteiger partial charge in [-0.25, -0.2) is 21.5 Å². The van der Waals surface area contributed by atoms with Crippen LogP contribution in [0.4, 0.5) is 14.5 Å². The molecule has 0 saturated carbocycles. The Morgan fingerprint density at radius 3 is 2.50 bits per heavy atom. The van der Waals surface area contributed by atoms with E-state index in [1.807, 2.05) is 6.92 Å².